The Labute approximate surface area is 103 Å². The van der Waals surface area contributed by atoms with E-state index in [1.165, 1.54) is 18.3 Å². The van der Waals surface area contributed by atoms with E-state index in [1.54, 1.807) is 12.1 Å². The van der Waals surface area contributed by atoms with Gasteiger partial charge in [0, 0.05) is 24.4 Å². The minimum atomic E-state index is -0.620. The Kier molecular flexibility index (Phi) is 3.49. The van der Waals surface area contributed by atoms with Crippen LogP contribution in [0.1, 0.15) is 11.3 Å². The average Bonchev–Trinajstić information content (AvgIpc) is 2.38. The maximum atomic E-state index is 13.4. The predicted octanol–water partition coefficient (Wildman–Crippen LogP) is 2.84. The minimum absolute atomic E-state index is 0.159. The van der Waals surface area contributed by atoms with Gasteiger partial charge in [-0.2, -0.15) is 5.26 Å². The van der Waals surface area contributed by atoms with Gasteiger partial charge in [-0.25, -0.2) is 13.8 Å². The van der Waals surface area contributed by atoms with E-state index in [4.69, 9.17) is 5.26 Å². The molecule has 0 bridgehead atoms. The molecule has 0 unspecified atom stereocenters. The first-order valence-corrected chi connectivity index (χ1v) is 5.23. The maximum absolute atomic E-state index is 13.4. The van der Waals surface area contributed by atoms with Crippen molar-refractivity contribution >= 4 is 5.69 Å². The van der Waals surface area contributed by atoms with Crippen LogP contribution < -0.4 is 5.32 Å². The Balaban J connectivity index is 2.14. The van der Waals surface area contributed by atoms with E-state index in [9.17, 15) is 8.78 Å². The summed E-state index contributed by atoms with van der Waals surface area (Å²) in [5.74, 6) is -1.24. The van der Waals surface area contributed by atoms with Crippen LogP contribution in [0, 0.1) is 23.0 Å². The number of rotatable bonds is 3. The molecule has 2 aromatic rings. The summed E-state index contributed by atoms with van der Waals surface area (Å²) in [6.07, 6.45) is 1.50. The molecule has 0 spiro atoms. The van der Waals surface area contributed by atoms with Crippen LogP contribution in [0.3, 0.4) is 0 Å². The minimum Gasteiger partial charge on any atom is -0.379 e. The van der Waals surface area contributed by atoms with Crippen LogP contribution in [0.2, 0.25) is 0 Å². The molecular weight excluding hydrogens is 236 g/mol. The first-order chi connectivity index (χ1) is 8.70. The highest BCUT2D eigenvalue weighted by Gasteiger charge is 2.05. The Morgan fingerprint density at radius 3 is 2.83 bits per heavy atom. The topological polar surface area (TPSA) is 48.7 Å². The summed E-state index contributed by atoms with van der Waals surface area (Å²) in [5.41, 5.74) is 1.08. The van der Waals surface area contributed by atoms with Gasteiger partial charge in [0.05, 0.1) is 5.69 Å². The fourth-order valence-corrected chi connectivity index (χ4v) is 1.49. The summed E-state index contributed by atoms with van der Waals surface area (Å²) in [6.45, 7) is 0.159. The highest BCUT2D eigenvalue weighted by atomic mass is 19.1. The smallest absolute Gasteiger partial charge is 0.163 e. The molecule has 2 rings (SSSR count). The lowest BCUT2D eigenvalue weighted by molar-refractivity contribution is 0.574. The van der Waals surface area contributed by atoms with Gasteiger partial charge in [-0.1, -0.05) is 6.07 Å². The number of nitrogens with one attached hydrogen (secondary N) is 1. The van der Waals surface area contributed by atoms with Crippen LogP contribution in [0.4, 0.5) is 14.5 Å². The van der Waals surface area contributed by atoms with Crippen LogP contribution in [0.25, 0.3) is 0 Å². The largest absolute Gasteiger partial charge is 0.379 e. The van der Waals surface area contributed by atoms with Gasteiger partial charge in [-0.05, 0) is 18.2 Å². The van der Waals surface area contributed by atoms with Crippen molar-refractivity contribution in [3.63, 3.8) is 0 Å². The summed E-state index contributed by atoms with van der Waals surface area (Å²) >= 11 is 0. The number of anilines is 1. The molecule has 1 aromatic heterocycles. The second kappa shape index (κ2) is 5.23. The predicted molar refractivity (Wildman–Crippen MR) is 62.6 cm³/mol. The standard InChI is InChI=1S/C13H9F2N3/c14-10-4-3-9(11(15)6-10)8-18-12-2-1-5-17-13(12)7-16/h1-6,18H,8H2. The highest BCUT2D eigenvalue weighted by molar-refractivity contribution is 5.53. The zero-order valence-corrected chi connectivity index (χ0v) is 9.32. The molecule has 0 aliphatic carbocycles. The van der Waals surface area contributed by atoms with Gasteiger partial charge >= 0.3 is 0 Å². The van der Waals surface area contributed by atoms with E-state index in [0.717, 1.165) is 6.07 Å². The van der Waals surface area contributed by atoms with Crippen molar-refractivity contribution in [1.29, 1.82) is 5.26 Å². The van der Waals surface area contributed by atoms with Gasteiger partial charge in [-0.3, -0.25) is 0 Å². The zero-order chi connectivity index (χ0) is 13.0. The molecule has 0 aliphatic rings. The Morgan fingerprint density at radius 1 is 1.28 bits per heavy atom. The number of halogens is 2. The molecule has 0 amide bonds. The molecule has 0 aliphatic heterocycles. The summed E-state index contributed by atoms with van der Waals surface area (Å²) in [7, 11) is 0. The average molecular weight is 245 g/mol. The van der Waals surface area contributed by atoms with Crippen molar-refractivity contribution in [1.82, 2.24) is 4.98 Å². The molecule has 1 aromatic carbocycles. The number of nitriles is 1. The molecule has 3 nitrogen and oxygen atoms in total. The number of pyridine rings is 1. The van der Waals surface area contributed by atoms with E-state index in [0.29, 0.717) is 11.3 Å². The van der Waals surface area contributed by atoms with E-state index in [1.807, 2.05) is 6.07 Å². The van der Waals surface area contributed by atoms with E-state index in [-0.39, 0.29) is 12.2 Å². The third-order valence-electron chi connectivity index (χ3n) is 2.40. The molecule has 0 saturated heterocycles. The number of hydrogen-bond donors (Lipinski definition) is 1. The van der Waals surface area contributed by atoms with Gasteiger partial charge in [0.2, 0.25) is 0 Å². The van der Waals surface area contributed by atoms with E-state index < -0.39 is 11.6 Å². The first kappa shape index (κ1) is 12.0. The summed E-state index contributed by atoms with van der Waals surface area (Å²) in [4.78, 5) is 3.87. The van der Waals surface area contributed by atoms with Gasteiger partial charge in [0.1, 0.15) is 17.7 Å². The Hall–Kier alpha value is -2.48. The van der Waals surface area contributed by atoms with Gasteiger partial charge in [0.25, 0.3) is 0 Å². The normalized spacial score (nSPS) is 9.83. The molecule has 1 N–H and O–H groups in total. The molecule has 0 atom stereocenters. The van der Waals surface area contributed by atoms with Crippen LogP contribution in [-0.4, -0.2) is 4.98 Å². The summed E-state index contributed by atoms with van der Waals surface area (Å²) in [6, 6.07) is 8.65. The molecule has 5 heteroatoms. The van der Waals surface area contributed by atoms with Gasteiger partial charge in [-0.15, -0.1) is 0 Å². The Morgan fingerprint density at radius 2 is 2.11 bits per heavy atom. The van der Waals surface area contributed by atoms with Crippen molar-refractivity contribution in [2.24, 2.45) is 0 Å². The zero-order valence-electron chi connectivity index (χ0n) is 9.32. The molecule has 0 saturated carbocycles. The Bertz CT molecular complexity index is 605. The lowest BCUT2D eigenvalue weighted by Gasteiger charge is -2.08. The third kappa shape index (κ3) is 2.61. The molecular formula is C13H9F2N3. The SMILES string of the molecule is N#Cc1ncccc1NCc1ccc(F)cc1F. The lowest BCUT2D eigenvalue weighted by atomic mass is 10.2. The molecule has 0 radical (unpaired) electrons. The van der Waals surface area contributed by atoms with Crippen molar-refractivity contribution in [3.8, 4) is 6.07 Å². The third-order valence-corrected chi connectivity index (χ3v) is 2.40. The summed E-state index contributed by atoms with van der Waals surface area (Å²) in [5, 5.41) is 11.7. The number of hydrogen-bond acceptors (Lipinski definition) is 3. The fourth-order valence-electron chi connectivity index (χ4n) is 1.49. The molecule has 1 heterocycles. The number of nitrogens with zero attached hydrogens (tertiary/aromatic N) is 2. The molecule has 18 heavy (non-hydrogen) atoms. The molecule has 0 fully saturated rings. The van der Waals surface area contributed by atoms with Crippen LogP contribution in [-0.2, 0) is 6.54 Å². The van der Waals surface area contributed by atoms with Crippen molar-refractivity contribution in [2.75, 3.05) is 5.32 Å². The summed E-state index contributed by atoms with van der Waals surface area (Å²) < 4.78 is 26.1. The van der Waals surface area contributed by atoms with Crippen molar-refractivity contribution < 1.29 is 8.78 Å². The quantitative estimate of drug-likeness (QED) is 0.904. The van der Waals surface area contributed by atoms with Crippen molar-refractivity contribution in [2.45, 2.75) is 6.54 Å². The van der Waals surface area contributed by atoms with Gasteiger partial charge < -0.3 is 5.32 Å². The van der Waals surface area contributed by atoms with Crippen molar-refractivity contribution in [3.05, 3.63) is 59.4 Å². The van der Waals surface area contributed by atoms with E-state index >= 15 is 0 Å². The van der Waals surface area contributed by atoms with Crippen LogP contribution in [0.15, 0.2) is 36.5 Å². The fraction of sp³-hybridized carbons (Fsp3) is 0.0769. The van der Waals surface area contributed by atoms with Crippen LogP contribution >= 0.6 is 0 Å². The second-order valence-electron chi connectivity index (χ2n) is 3.60. The maximum Gasteiger partial charge on any atom is 0.163 e. The molecule has 90 valence electrons. The van der Waals surface area contributed by atoms with Gasteiger partial charge in [0.15, 0.2) is 5.69 Å². The second-order valence-corrected chi connectivity index (χ2v) is 3.60. The number of aromatic nitrogens is 1. The number of benzene rings is 1. The lowest BCUT2D eigenvalue weighted by Crippen LogP contribution is -2.04. The first-order valence-electron chi connectivity index (χ1n) is 5.23. The monoisotopic (exact) mass is 245 g/mol. The van der Waals surface area contributed by atoms with Crippen LogP contribution in [0.5, 0.6) is 0 Å². The highest BCUT2D eigenvalue weighted by Crippen LogP contribution is 2.15. The van der Waals surface area contributed by atoms with E-state index in [2.05, 4.69) is 10.3 Å².